The summed E-state index contributed by atoms with van der Waals surface area (Å²) in [5.74, 6) is 0.450. The van der Waals surface area contributed by atoms with Gasteiger partial charge in [-0.15, -0.1) is 11.8 Å². The van der Waals surface area contributed by atoms with E-state index in [1.54, 1.807) is 11.7 Å². The normalized spacial score (nSPS) is 11.2. The zero-order valence-electron chi connectivity index (χ0n) is 13.2. The molecule has 2 N–H and O–H groups in total. The lowest BCUT2D eigenvalue weighted by atomic mass is 10.1. The van der Waals surface area contributed by atoms with Gasteiger partial charge in [0.05, 0.1) is 6.61 Å². The van der Waals surface area contributed by atoms with Gasteiger partial charge in [0.1, 0.15) is 10.5 Å². The van der Waals surface area contributed by atoms with Gasteiger partial charge in [0, 0.05) is 19.3 Å². The quantitative estimate of drug-likeness (QED) is 0.643. The number of aromatic nitrogens is 4. The molecule has 0 unspecified atom stereocenters. The Morgan fingerprint density at radius 3 is 2.67 bits per heavy atom. The van der Waals surface area contributed by atoms with Crippen LogP contribution < -0.4 is 11.2 Å². The number of fused-ring (bicyclic) bond motifs is 1. The first-order chi connectivity index (χ1) is 11.6. The fourth-order valence-electron chi connectivity index (χ4n) is 2.58. The van der Waals surface area contributed by atoms with E-state index in [4.69, 9.17) is 5.11 Å². The fourth-order valence-corrected chi connectivity index (χ4v) is 3.39. The molecular weight excluding hydrogens is 328 g/mol. The first-order valence-electron chi connectivity index (χ1n) is 7.59. The molecule has 0 spiro atoms. The maximum Gasteiger partial charge on any atom is 0.328 e. The number of aryl methyl sites for hydroxylation is 3. The number of nitrogens with zero attached hydrogens (tertiary/aromatic N) is 3. The summed E-state index contributed by atoms with van der Waals surface area (Å²) in [6.07, 6.45) is 0.726. The van der Waals surface area contributed by atoms with Crippen LogP contribution in [0.4, 0.5) is 0 Å². The second-order valence-corrected chi connectivity index (χ2v) is 6.44. The Balaban J connectivity index is 2.05. The molecule has 0 atom stereocenters. The molecule has 24 heavy (non-hydrogen) atoms. The van der Waals surface area contributed by atoms with Crippen molar-refractivity contribution in [2.24, 2.45) is 7.05 Å². The topological polar surface area (TPSA) is 92.9 Å². The summed E-state index contributed by atoms with van der Waals surface area (Å²) in [5, 5.41) is 14.1. The molecule has 0 aliphatic rings. The molecule has 0 fully saturated rings. The van der Waals surface area contributed by atoms with Gasteiger partial charge in [-0.3, -0.25) is 19.0 Å². The molecule has 0 saturated carbocycles. The smallest absolute Gasteiger partial charge is 0.328 e. The highest BCUT2D eigenvalue weighted by molar-refractivity contribution is 7.99. The van der Waals surface area contributed by atoms with E-state index in [1.165, 1.54) is 16.3 Å². The van der Waals surface area contributed by atoms with Crippen molar-refractivity contribution in [3.05, 3.63) is 56.7 Å². The molecule has 0 bridgehead atoms. The zero-order chi connectivity index (χ0) is 17.1. The summed E-state index contributed by atoms with van der Waals surface area (Å²) < 4.78 is 3.03. The maximum absolute atomic E-state index is 12.3. The van der Waals surface area contributed by atoms with E-state index in [-0.39, 0.29) is 6.61 Å². The van der Waals surface area contributed by atoms with E-state index in [2.05, 4.69) is 10.1 Å². The number of aliphatic hydroxyl groups is 1. The van der Waals surface area contributed by atoms with E-state index < -0.39 is 11.2 Å². The lowest BCUT2D eigenvalue weighted by Gasteiger charge is -2.04. The molecule has 2 heterocycles. The first-order valence-corrected chi connectivity index (χ1v) is 8.57. The third kappa shape index (κ3) is 3.15. The van der Waals surface area contributed by atoms with Crippen LogP contribution in [-0.4, -0.2) is 36.8 Å². The Labute approximate surface area is 141 Å². The summed E-state index contributed by atoms with van der Waals surface area (Å²) >= 11 is 1.33. The van der Waals surface area contributed by atoms with Crippen molar-refractivity contribution in [3.8, 4) is 0 Å². The number of aromatic amines is 1. The Kier molecular flexibility index (Phi) is 4.86. The van der Waals surface area contributed by atoms with Gasteiger partial charge in [0.15, 0.2) is 5.52 Å². The van der Waals surface area contributed by atoms with Crippen molar-refractivity contribution in [3.63, 3.8) is 0 Å². The van der Waals surface area contributed by atoms with E-state index in [0.717, 1.165) is 12.0 Å². The molecule has 126 valence electrons. The minimum absolute atomic E-state index is 0.000171. The number of hydrogen-bond donors (Lipinski definition) is 2. The molecule has 2 aromatic heterocycles. The van der Waals surface area contributed by atoms with Crippen LogP contribution in [0.1, 0.15) is 5.56 Å². The first kappa shape index (κ1) is 16.5. The van der Waals surface area contributed by atoms with Gasteiger partial charge in [0.2, 0.25) is 0 Å². The average molecular weight is 346 g/mol. The number of aliphatic hydroxyl groups excluding tert-OH is 1. The molecular formula is C16H18N4O3S. The zero-order valence-corrected chi connectivity index (χ0v) is 14.0. The van der Waals surface area contributed by atoms with Gasteiger partial charge in [-0.1, -0.05) is 30.3 Å². The fraction of sp³-hybridized carbons (Fsp3) is 0.312. The summed E-state index contributed by atoms with van der Waals surface area (Å²) in [6, 6.07) is 9.93. The van der Waals surface area contributed by atoms with E-state index in [0.29, 0.717) is 28.4 Å². The Morgan fingerprint density at radius 2 is 1.96 bits per heavy atom. The van der Waals surface area contributed by atoms with E-state index in [1.807, 2.05) is 30.3 Å². The SMILES string of the molecule is Cn1c(=O)[nH]c(=O)c2c1c(SCCO)nn2CCc1ccccc1. The summed E-state index contributed by atoms with van der Waals surface area (Å²) in [7, 11) is 1.60. The van der Waals surface area contributed by atoms with Gasteiger partial charge in [-0.05, 0) is 12.0 Å². The lowest BCUT2D eigenvalue weighted by molar-refractivity contribution is 0.322. The van der Waals surface area contributed by atoms with Crippen LogP contribution in [0.5, 0.6) is 0 Å². The van der Waals surface area contributed by atoms with Crippen molar-refractivity contribution < 1.29 is 5.11 Å². The van der Waals surface area contributed by atoms with Crippen LogP contribution in [0.15, 0.2) is 44.9 Å². The Hall–Kier alpha value is -2.32. The monoisotopic (exact) mass is 346 g/mol. The van der Waals surface area contributed by atoms with E-state index in [9.17, 15) is 9.59 Å². The molecule has 0 saturated heterocycles. The van der Waals surface area contributed by atoms with Crippen molar-refractivity contribution in [1.82, 2.24) is 19.3 Å². The van der Waals surface area contributed by atoms with Crippen molar-refractivity contribution in [2.45, 2.75) is 18.0 Å². The van der Waals surface area contributed by atoms with Crippen molar-refractivity contribution >= 4 is 22.8 Å². The van der Waals surface area contributed by atoms with E-state index >= 15 is 0 Å². The third-order valence-corrected chi connectivity index (χ3v) is 4.69. The highest BCUT2D eigenvalue weighted by Gasteiger charge is 2.18. The number of benzene rings is 1. The molecule has 3 rings (SSSR count). The van der Waals surface area contributed by atoms with Crippen LogP contribution >= 0.6 is 11.8 Å². The molecule has 3 aromatic rings. The predicted octanol–water partition coefficient (Wildman–Crippen LogP) is 0.750. The average Bonchev–Trinajstić information content (AvgIpc) is 2.96. The van der Waals surface area contributed by atoms with Crippen molar-refractivity contribution in [2.75, 3.05) is 12.4 Å². The van der Waals surface area contributed by atoms with Crippen LogP contribution in [0.3, 0.4) is 0 Å². The van der Waals surface area contributed by atoms with Gasteiger partial charge >= 0.3 is 5.69 Å². The lowest BCUT2D eigenvalue weighted by Crippen LogP contribution is -2.29. The number of H-pyrrole nitrogens is 1. The highest BCUT2D eigenvalue weighted by atomic mass is 32.2. The van der Waals surface area contributed by atoms with Crippen LogP contribution in [0, 0.1) is 0 Å². The van der Waals surface area contributed by atoms with Gasteiger partial charge in [-0.2, -0.15) is 5.10 Å². The van der Waals surface area contributed by atoms with Crippen LogP contribution in [0.25, 0.3) is 11.0 Å². The standard InChI is InChI=1S/C16H18N4O3S/c1-19-13-12(14(22)17-16(19)23)20(18-15(13)24-10-9-21)8-7-11-5-3-2-4-6-11/h2-6,21H,7-10H2,1H3,(H,17,22,23). The molecule has 0 aliphatic carbocycles. The molecule has 0 aliphatic heterocycles. The summed E-state index contributed by atoms with van der Waals surface area (Å²) in [6.45, 7) is 0.529. The molecule has 1 aromatic carbocycles. The second kappa shape index (κ2) is 7.06. The minimum atomic E-state index is -0.471. The van der Waals surface area contributed by atoms with Crippen LogP contribution in [-0.2, 0) is 20.0 Å². The molecule has 0 amide bonds. The molecule has 8 heteroatoms. The predicted molar refractivity (Wildman–Crippen MR) is 93.6 cm³/mol. The van der Waals surface area contributed by atoms with Gasteiger partial charge < -0.3 is 5.11 Å². The summed E-state index contributed by atoms with van der Waals surface area (Å²) in [5.41, 5.74) is 1.13. The number of rotatable bonds is 6. The molecule has 0 radical (unpaired) electrons. The number of hydrogen-bond acceptors (Lipinski definition) is 5. The number of nitrogens with one attached hydrogen (secondary N) is 1. The van der Waals surface area contributed by atoms with Crippen LogP contribution in [0.2, 0.25) is 0 Å². The summed E-state index contributed by atoms with van der Waals surface area (Å²) in [4.78, 5) is 26.5. The van der Waals surface area contributed by atoms with Gasteiger partial charge in [0.25, 0.3) is 5.56 Å². The third-order valence-electron chi connectivity index (χ3n) is 3.76. The highest BCUT2D eigenvalue weighted by Crippen LogP contribution is 2.24. The number of thioether (sulfide) groups is 1. The Morgan fingerprint density at radius 1 is 1.21 bits per heavy atom. The minimum Gasteiger partial charge on any atom is -0.396 e. The second-order valence-electron chi connectivity index (χ2n) is 5.35. The van der Waals surface area contributed by atoms with Crippen molar-refractivity contribution in [1.29, 1.82) is 0 Å². The van der Waals surface area contributed by atoms with Gasteiger partial charge in [-0.25, -0.2) is 4.79 Å². The largest absolute Gasteiger partial charge is 0.396 e. The molecule has 7 nitrogen and oxygen atoms in total. The maximum atomic E-state index is 12.3. The Bertz CT molecular complexity index is 959.